The van der Waals surface area contributed by atoms with Gasteiger partial charge in [-0.15, -0.1) is 0 Å². The SMILES string of the molecule is Cc1ccc(NC(=O)c2ccc(NN)c(C)c2)c(F)c1. The smallest absolute Gasteiger partial charge is 0.255 e. The topological polar surface area (TPSA) is 67.2 Å². The molecule has 0 aliphatic rings. The Hall–Kier alpha value is -2.40. The van der Waals surface area contributed by atoms with Crippen LogP contribution in [0.15, 0.2) is 36.4 Å². The number of hydrogen-bond donors (Lipinski definition) is 3. The molecule has 0 aromatic heterocycles. The van der Waals surface area contributed by atoms with Crippen molar-refractivity contribution >= 4 is 17.3 Å². The highest BCUT2D eigenvalue weighted by Crippen LogP contribution is 2.19. The molecule has 0 saturated heterocycles. The quantitative estimate of drug-likeness (QED) is 0.595. The number of nitrogen functional groups attached to an aromatic ring is 1. The lowest BCUT2D eigenvalue weighted by Crippen LogP contribution is -2.14. The van der Waals surface area contributed by atoms with Crippen LogP contribution in [0.4, 0.5) is 15.8 Å². The molecule has 20 heavy (non-hydrogen) atoms. The molecule has 0 atom stereocenters. The van der Waals surface area contributed by atoms with Gasteiger partial charge in [0.25, 0.3) is 5.91 Å². The van der Waals surface area contributed by atoms with Crippen molar-refractivity contribution in [3.05, 3.63) is 58.9 Å². The van der Waals surface area contributed by atoms with E-state index in [4.69, 9.17) is 5.84 Å². The van der Waals surface area contributed by atoms with Crippen LogP contribution < -0.4 is 16.6 Å². The summed E-state index contributed by atoms with van der Waals surface area (Å²) in [7, 11) is 0. The highest BCUT2D eigenvalue weighted by Gasteiger charge is 2.10. The van der Waals surface area contributed by atoms with E-state index in [1.165, 1.54) is 6.07 Å². The molecule has 5 heteroatoms. The molecule has 0 radical (unpaired) electrons. The number of carbonyl (C=O) groups is 1. The molecule has 4 nitrogen and oxygen atoms in total. The van der Waals surface area contributed by atoms with E-state index < -0.39 is 5.82 Å². The van der Waals surface area contributed by atoms with E-state index in [0.29, 0.717) is 5.56 Å². The Morgan fingerprint density at radius 3 is 2.40 bits per heavy atom. The Balaban J connectivity index is 2.21. The summed E-state index contributed by atoms with van der Waals surface area (Å²) in [6, 6.07) is 9.69. The normalized spacial score (nSPS) is 10.2. The van der Waals surface area contributed by atoms with E-state index in [2.05, 4.69) is 10.7 Å². The van der Waals surface area contributed by atoms with Crippen molar-refractivity contribution in [2.75, 3.05) is 10.7 Å². The molecule has 2 aromatic carbocycles. The number of nitrogens with two attached hydrogens (primary N) is 1. The molecule has 2 rings (SSSR count). The molecule has 0 aliphatic carbocycles. The van der Waals surface area contributed by atoms with Crippen molar-refractivity contribution in [3.63, 3.8) is 0 Å². The standard InChI is InChI=1S/C15H16FN3O/c1-9-3-5-14(12(16)7-9)18-15(20)11-4-6-13(19-17)10(2)8-11/h3-8,19H,17H2,1-2H3,(H,18,20). The monoisotopic (exact) mass is 273 g/mol. The summed E-state index contributed by atoms with van der Waals surface area (Å²) in [5, 5.41) is 2.55. The van der Waals surface area contributed by atoms with Crippen LogP contribution in [0.2, 0.25) is 0 Å². The molecule has 104 valence electrons. The molecule has 0 spiro atoms. The molecule has 0 unspecified atom stereocenters. The third-order valence-electron chi connectivity index (χ3n) is 3.02. The van der Waals surface area contributed by atoms with Crippen LogP contribution >= 0.6 is 0 Å². The molecule has 0 saturated carbocycles. The first kappa shape index (κ1) is 14.0. The zero-order valence-corrected chi connectivity index (χ0v) is 11.3. The van der Waals surface area contributed by atoms with Gasteiger partial charge < -0.3 is 10.7 Å². The number of halogens is 1. The third kappa shape index (κ3) is 2.95. The molecule has 1 amide bonds. The van der Waals surface area contributed by atoms with Crippen LogP contribution in [0.1, 0.15) is 21.5 Å². The fraction of sp³-hybridized carbons (Fsp3) is 0.133. The van der Waals surface area contributed by atoms with Crippen molar-refractivity contribution in [1.82, 2.24) is 0 Å². The maximum absolute atomic E-state index is 13.7. The number of rotatable bonds is 3. The van der Waals surface area contributed by atoms with Crippen LogP contribution in [0.5, 0.6) is 0 Å². The number of aryl methyl sites for hydroxylation is 2. The lowest BCUT2D eigenvalue weighted by molar-refractivity contribution is 0.102. The average Bonchev–Trinajstić information content (AvgIpc) is 2.41. The minimum atomic E-state index is -0.449. The van der Waals surface area contributed by atoms with Gasteiger partial charge in [0.2, 0.25) is 0 Å². The molecular formula is C15H16FN3O. The number of benzene rings is 2. The van der Waals surface area contributed by atoms with Gasteiger partial charge in [0.1, 0.15) is 5.82 Å². The van der Waals surface area contributed by atoms with Gasteiger partial charge in [-0.2, -0.15) is 0 Å². The minimum Gasteiger partial charge on any atom is -0.324 e. The average molecular weight is 273 g/mol. The van der Waals surface area contributed by atoms with Crippen molar-refractivity contribution in [2.45, 2.75) is 13.8 Å². The predicted octanol–water partition coefficient (Wildman–Crippen LogP) is 2.98. The molecule has 0 fully saturated rings. The summed E-state index contributed by atoms with van der Waals surface area (Å²) < 4.78 is 13.7. The van der Waals surface area contributed by atoms with Crippen LogP contribution in [-0.4, -0.2) is 5.91 Å². The van der Waals surface area contributed by atoms with Gasteiger partial charge in [-0.05, 0) is 55.3 Å². The van der Waals surface area contributed by atoms with Gasteiger partial charge >= 0.3 is 0 Å². The lowest BCUT2D eigenvalue weighted by atomic mass is 10.1. The second-order valence-electron chi connectivity index (χ2n) is 4.61. The second kappa shape index (κ2) is 5.71. The number of carbonyl (C=O) groups excluding carboxylic acids is 1. The number of hydrogen-bond acceptors (Lipinski definition) is 3. The van der Waals surface area contributed by atoms with Gasteiger partial charge in [-0.25, -0.2) is 4.39 Å². The van der Waals surface area contributed by atoms with Crippen LogP contribution in [0, 0.1) is 19.7 Å². The zero-order valence-electron chi connectivity index (χ0n) is 11.3. The Bertz CT molecular complexity index is 656. The van der Waals surface area contributed by atoms with Crippen molar-refractivity contribution in [1.29, 1.82) is 0 Å². The fourth-order valence-electron chi connectivity index (χ4n) is 1.88. The number of amides is 1. The Morgan fingerprint density at radius 1 is 1.10 bits per heavy atom. The maximum Gasteiger partial charge on any atom is 0.255 e. The molecule has 0 heterocycles. The first-order chi connectivity index (χ1) is 9.51. The van der Waals surface area contributed by atoms with Crippen LogP contribution in [-0.2, 0) is 0 Å². The van der Waals surface area contributed by atoms with Crippen molar-refractivity contribution in [3.8, 4) is 0 Å². The minimum absolute atomic E-state index is 0.166. The fourth-order valence-corrected chi connectivity index (χ4v) is 1.88. The highest BCUT2D eigenvalue weighted by atomic mass is 19.1. The largest absolute Gasteiger partial charge is 0.324 e. The first-order valence-corrected chi connectivity index (χ1v) is 6.16. The summed E-state index contributed by atoms with van der Waals surface area (Å²) in [5.74, 6) is 4.52. The van der Waals surface area contributed by atoms with Gasteiger partial charge in [0.05, 0.1) is 11.4 Å². The summed E-state index contributed by atoms with van der Waals surface area (Å²) in [6.45, 7) is 3.62. The van der Waals surface area contributed by atoms with E-state index in [1.807, 2.05) is 6.92 Å². The lowest BCUT2D eigenvalue weighted by Gasteiger charge is -2.09. The van der Waals surface area contributed by atoms with E-state index in [0.717, 1.165) is 16.8 Å². The molecular weight excluding hydrogens is 257 g/mol. The maximum atomic E-state index is 13.7. The van der Waals surface area contributed by atoms with Crippen molar-refractivity contribution < 1.29 is 9.18 Å². The predicted molar refractivity (Wildman–Crippen MR) is 78.1 cm³/mol. The summed E-state index contributed by atoms with van der Waals surface area (Å²) in [4.78, 5) is 12.1. The number of anilines is 2. The summed E-state index contributed by atoms with van der Waals surface area (Å²) in [5.41, 5.74) is 5.52. The van der Waals surface area contributed by atoms with Gasteiger partial charge in [0.15, 0.2) is 0 Å². The van der Waals surface area contributed by atoms with E-state index in [9.17, 15) is 9.18 Å². The second-order valence-corrected chi connectivity index (χ2v) is 4.61. The van der Waals surface area contributed by atoms with Gasteiger partial charge in [-0.3, -0.25) is 10.6 Å². The molecule has 4 N–H and O–H groups in total. The van der Waals surface area contributed by atoms with Gasteiger partial charge in [-0.1, -0.05) is 6.07 Å². The zero-order chi connectivity index (χ0) is 14.7. The number of hydrazine groups is 1. The van der Waals surface area contributed by atoms with E-state index >= 15 is 0 Å². The van der Waals surface area contributed by atoms with E-state index in [-0.39, 0.29) is 11.6 Å². The van der Waals surface area contributed by atoms with Gasteiger partial charge in [0, 0.05) is 5.56 Å². The Kier molecular flexibility index (Phi) is 4.00. The number of nitrogens with one attached hydrogen (secondary N) is 2. The summed E-state index contributed by atoms with van der Waals surface area (Å²) in [6.07, 6.45) is 0. The third-order valence-corrected chi connectivity index (χ3v) is 3.02. The van der Waals surface area contributed by atoms with Crippen molar-refractivity contribution in [2.24, 2.45) is 5.84 Å². The molecule has 0 aliphatic heterocycles. The molecule has 2 aromatic rings. The first-order valence-electron chi connectivity index (χ1n) is 6.16. The molecule has 0 bridgehead atoms. The summed E-state index contributed by atoms with van der Waals surface area (Å²) >= 11 is 0. The van der Waals surface area contributed by atoms with Crippen LogP contribution in [0.3, 0.4) is 0 Å². The van der Waals surface area contributed by atoms with Crippen LogP contribution in [0.25, 0.3) is 0 Å². The van der Waals surface area contributed by atoms with E-state index in [1.54, 1.807) is 37.3 Å². The highest BCUT2D eigenvalue weighted by molar-refractivity contribution is 6.04. The Morgan fingerprint density at radius 2 is 1.80 bits per heavy atom. The Labute approximate surface area is 116 Å².